The molecule has 0 unspecified atom stereocenters. The van der Waals surface area contributed by atoms with Gasteiger partial charge in [-0.15, -0.1) is 0 Å². The van der Waals surface area contributed by atoms with Crippen molar-refractivity contribution < 1.29 is 19.2 Å². The number of nitrogens with zero attached hydrogens (tertiary/aromatic N) is 2. The molecule has 2 rings (SSSR count). The van der Waals surface area contributed by atoms with Crippen molar-refractivity contribution in [3.05, 3.63) is 47.3 Å². The predicted octanol–water partition coefficient (Wildman–Crippen LogP) is 1.75. The Kier molecular flexibility index (Phi) is 4.90. The Hall–Kier alpha value is -2.67. The van der Waals surface area contributed by atoms with Gasteiger partial charge in [0.05, 0.1) is 24.3 Å². The van der Waals surface area contributed by atoms with E-state index in [1.54, 1.807) is 24.1 Å². The maximum Gasteiger partial charge on any atom is 0.335 e. The Labute approximate surface area is 127 Å². The van der Waals surface area contributed by atoms with Crippen LogP contribution in [-0.2, 0) is 11.3 Å². The molecule has 1 aromatic carbocycles. The van der Waals surface area contributed by atoms with Crippen molar-refractivity contribution in [2.24, 2.45) is 0 Å². The van der Waals surface area contributed by atoms with Crippen LogP contribution in [0.1, 0.15) is 21.8 Å². The van der Waals surface area contributed by atoms with Crippen LogP contribution in [-0.4, -0.2) is 40.6 Å². The minimum absolute atomic E-state index is 0.128. The molecule has 1 heterocycles. The maximum absolute atomic E-state index is 12.0. The molecule has 1 aromatic heterocycles. The normalized spacial score (nSPS) is 10.7. The third kappa shape index (κ3) is 4.42. The van der Waals surface area contributed by atoms with E-state index in [-0.39, 0.29) is 18.0 Å². The number of aryl methyl sites for hydroxylation is 1. The molecule has 1 amide bonds. The number of anilines is 1. The lowest BCUT2D eigenvalue weighted by Gasteiger charge is -2.14. The number of carbonyl (C=O) groups excluding carboxylic acids is 1. The predicted molar refractivity (Wildman–Crippen MR) is 79.6 cm³/mol. The van der Waals surface area contributed by atoms with Crippen molar-refractivity contribution in [1.29, 1.82) is 0 Å². The average molecular weight is 303 g/mol. The molecule has 0 fully saturated rings. The third-order valence-electron chi connectivity index (χ3n) is 2.91. The lowest BCUT2D eigenvalue weighted by molar-refractivity contribution is -0.117. The van der Waals surface area contributed by atoms with Gasteiger partial charge in [0.25, 0.3) is 0 Å². The molecule has 0 atom stereocenters. The van der Waals surface area contributed by atoms with Crippen molar-refractivity contribution in [3.8, 4) is 0 Å². The fourth-order valence-electron chi connectivity index (χ4n) is 1.99. The van der Waals surface area contributed by atoms with Gasteiger partial charge in [-0.1, -0.05) is 11.2 Å². The molecule has 0 bridgehead atoms. The molecular formula is C15H17N3O4. The number of rotatable bonds is 6. The summed E-state index contributed by atoms with van der Waals surface area (Å²) in [6.45, 7) is 2.44. The lowest BCUT2D eigenvalue weighted by Crippen LogP contribution is -2.29. The Morgan fingerprint density at radius 2 is 2.14 bits per heavy atom. The summed E-state index contributed by atoms with van der Waals surface area (Å²) in [4.78, 5) is 24.6. The lowest BCUT2D eigenvalue weighted by atomic mass is 10.2. The number of carboxylic acid groups (broad SMARTS) is 1. The van der Waals surface area contributed by atoms with Gasteiger partial charge in [-0.3, -0.25) is 9.69 Å². The van der Waals surface area contributed by atoms with Gasteiger partial charge in [0, 0.05) is 11.8 Å². The van der Waals surface area contributed by atoms with E-state index in [1.165, 1.54) is 12.1 Å². The maximum atomic E-state index is 12.0. The first-order chi connectivity index (χ1) is 10.4. The fourth-order valence-corrected chi connectivity index (χ4v) is 1.99. The number of carboxylic acids is 1. The van der Waals surface area contributed by atoms with Crippen molar-refractivity contribution in [2.75, 3.05) is 18.9 Å². The highest BCUT2D eigenvalue weighted by molar-refractivity contribution is 5.94. The highest BCUT2D eigenvalue weighted by Gasteiger charge is 2.11. The first-order valence-corrected chi connectivity index (χ1v) is 6.68. The SMILES string of the molecule is Cc1cc(CN(C)CC(=O)Nc2cccc(C(=O)O)c2)on1. The zero-order chi connectivity index (χ0) is 16.1. The van der Waals surface area contributed by atoms with Crippen LogP contribution >= 0.6 is 0 Å². The van der Waals surface area contributed by atoms with E-state index in [1.807, 2.05) is 13.0 Å². The van der Waals surface area contributed by atoms with Crippen LogP contribution in [0.5, 0.6) is 0 Å². The van der Waals surface area contributed by atoms with Crippen molar-refractivity contribution in [2.45, 2.75) is 13.5 Å². The molecule has 22 heavy (non-hydrogen) atoms. The summed E-state index contributed by atoms with van der Waals surface area (Å²) in [6, 6.07) is 7.92. The second-order valence-electron chi connectivity index (χ2n) is 5.04. The topological polar surface area (TPSA) is 95.7 Å². The number of hydrogen-bond acceptors (Lipinski definition) is 5. The summed E-state index contributed by atoms with van der Waals surface area (Å²) in [5, 5.41) is 15.4. The Morgan fingerprint density at radius 3 is 2.77 bits per heavy atom. The molecule has 0 radical (unpaired) electrons. The summed E-state index contributed by atoms with van der Waals surface area (Å²) in [5.41, 5.74) is 1.37. The van der Waals surface area contributed by atoms with Crippen molar-refractivity contribution in [3.63, 3.8) is 0 Å². The average Bonchev–Trinajstić information content (AvgIpc) is 2.83. The Balaban J connectivity index is 1.89. The van der Waals surface area contributed by atoms with Gasteiger partial charge < -0.3 is 14.9 Å². The van der Waals surface area contributed by atoms with Crippen LogP contribution in [0.15, 0.2) is 34.9 Å². The summed E-state index contributed by atoms with van der Waals surface area (Å²) in [5.74, 6) is -0.587. The fraction of sp³-hybridized carbons (Fsp3) is 0.267. The molecule has 7 heteroatoms. The minimum Gasteiger partial charge on any atom is -0.478 e. The van der Waals surface area contributed by atoms with E-state index < -0.39 is 5.97 Å². The minimum atomic E-state index is -1.03. The van der Waals surface area contributed by atoms with E-state index in [9.17, 15) is 9.59 Å². The van der Waals surface area contributed by atoms with Gasteiger partial charge in [-0.2, -0.15) is 0 Å². The molecule has 2 aromatic rings. The molecule has 0 spiro atoms. The molecule has 2 N–H and O–H groups in total. The van der Waals surface area contributed by atoms with Gasteiger partial charge >= 0.3 is 5.97 Å². The number of carbonyl (C=O) groups is 2. The molecule has 7 nitrogen and oxygen atoms in total. The number of aromatic carboxylic acids is 1. The zero-order valence-electron chi connectivity index (χ0n) is 12.4. The van der Waals surface area contributed by atoms with Gasteiger partial charge in [0.1, 0.15) is 0 Å². The Bertz CT molecular complexity index is 681. The molecule has 0 aliphatic rings. The smallest absolute Gasteiger partial charge is 0.335 e. The first-order valence-electron chi connectivity index (χ1n) is 6.68. The number of aromatic nitrogens is 1. The second-order valence-corrected chi connectivity index (χ2v) is 5.04. The summed E-state index contributed by atoms with van der Waals surface area (Å²) >= 11 is 0. The third-order valence-corrected chi connectivity index (χ3v) is 2.91. The first kappa shape index (κ1) is 15.7. The molecular weight excluding hydrogens is 286 g/mol. The van der Waals surface area contributed by atoms with E-state index in [4.69, 9.17) is 9.63 Å². The van der Waals surface area contributed by atoms with Crippen LogP contribution in [0.4, 0.5) is 5.69 Å². The summed E-state index contributed by atoms with van der Waals surface area (Å²) in [7, 11) is 1.78. The molecule has 0 saturated heterocycles. The number of benzene rings is 1. The van der Waals surface area contributed by atoms with E-state index in [2.05, 4.69) is 10.5 Å². The van der Waals surface area contributed by atoms with Gasteiger partial charge in [-0.05, 0) is 32.2 Å². The van der Waals surface area contributed by atoms with Crippen LogP contribution in [0, 0.1) is 6.92 Å². The number of amides is 1. The Morgan fingerprint density at radius 1 is 1.36 bits per heavy atom. The van der Waals surface area contributed by atoms with Crippen LogP contribution < -0.4 is 5.32 Å². The number of likely N-dealkylation sites (N-methyl/N-ethyl adjacent to an activating group) is 1. The summed E-state index contributed by atoms with van der Waals surface area (Å²) in [6.07, 6.45) is 0. The van der Waals surface area contributed by atoms with Gasteiger partial charge in [0.2, 0.25) is 5.91 Å². The van der Waals surface area contributed by atoms with Crippen LogP contribution in [0.2, 0.25) is 0 Å². The van der Waals surface area contributed by atoms with E-state index in [0.29, 0.717) is 18.0 Å². The quantitative estimate of drug-likeness (QED) is 0.844. The number of nitrogens with one attached hydrogen (secondary N) is 1. The monoisotopic (exact) mass is 303 g/mol. The van der Waals surface area contributed by atoms with Crippen LogP contribution in [0.3, 0.4) is 0 Å². The molecule has 0 aliphatic heterocycles. The van der Waals surface area contributed by atoms with Crippen molar-refractivity contribution >= 4 is 17.6 Å². The molecule has 0 aliphatic carbocycles. The van der Waals surface area contributed by atoms with Gasteiger partial charge in [0.15, 0.2) is 5.76 Å². The zero-order valence-corrected chi connectivity index (χ0v) is 12.4. The summed E-state index contributed by atoms with van der Waals surface area (Å²) < 4.78 is 5.09. The van der Waals surface area contributed by atoms with Crippen molar-refractivity contribution in [1.82, 2.24) is 10.1 Å². The van der Waals surface area contributed by atoms with Gasteiger partial charge in [-0.25, -0.2) is 4.79 Å². The number of hydrogen-bond donors (Lipinski definition) is 2. The van der Waals surface area contributed by atoms with E-state index >= 15 is 0 Å². The standard InChI is InChI=1S/C15H17N3O4/c1-10-6-13(22-17-10)8-18(2)9-14(19)16-12-5-3-4-11(7-12)15(20)21/h3-7H,8-9H2,1-2H3,(H,16,19)(H,20,21). The molecule has 0 saturated carbocycles. The second kappa shape index (κ2) is 6.86. The largest absolute Gasteiger partial charge is 0.478 e. The van der Waals surface area contributed by atoms with E-state index in [0.717, 1.165) is 5.69 Å². The highest BCUT2D eigenvalue weighted by Crippen LogP contribution is 2.11. The van der Waals surface area contributed by atoms with Crippen LogP contribution in [0.25, 0.3) is 0 Å². The molecule has 116 valence electrons. The highest BCUT2D eigenvalue weighted by atomic mass is 16.5.